The van der Waals surface area contributed by atoms with Gasteiger partial charge in [-0.25, -0.2) is 0 Å². The van der Waals surface area contributed by atoms with E-state index >= 15 is 0 Å². The second kappa shape index (κ2) is 4.63. The van der Waals surface area contributed by atoms with Crippen LogP contribution < -0.4 is 5.32 Å². The molecular formula is C18H25N. The van der Waals surface area contributed by atoms with Crippen LogP contribution in [0.4, 0.5) is 0 Å². The molecule has 19 heavy (non-hydrogen) atoms. The van der Waals surface area contributed by atoms with Gasteiger partial charge in [0.15, 0.2) is 0 Å². The number of hydrogen-bond acceptors (Lipinski definition) is 1. The van der Waals surface area contributed by atoms with Crippen LogP contribution in [0.5, 0.6) is 0 Å². The third-order valence-electron chi connectivity index (χ3n) is 5.82. The number of benzene rings is 1. The Morgan fingerprint density at radius 1 is 1.05 bits per heavy atom. The summed E-state index contributed by atoms with van der Waals surface area (Å²) in [6, 6.07) is 12.0. The van der Waals surface area contributed by atoms with Gasteiger partial charge in [-0.2, -0.15) is 0 Å². The molecule has 1 aromatic rings. The fraction of sp³-hybridized carbons (Fsp3) is 0.667. The summed E-state index contributed by atoms with van der Waals surface area (Å²) in [6.45, 7) is 1.27. The molecule has 1 aromatic carbocycles. The van der Waals surface area contributed by atoms with Gasteiger partial charge in [0.2, 0.25) is 0 Å². The first-order valence-corrected chi connectivity index (χ1v) is 8.11. The van der Waals surface area contributed by atoms with Gasteiger partial charge in [0.1, 0.15) is 0 Å². The maximum atomic E-state index is 3.84. The van der Waals surface area contributed by atoms with E-state index in [2.05, 4.69) is 35.6 Å². The molecule has 0 aromatic heterocycles. The Labute approximate surface area is 116 Å². The van der Waals surface area contributed by atoms with Crippen molar-refractivity contribution in [2.75, 3.05) is 6.54 Å². The van der Waals surface area contributed by atoms with E-state index in [1.54, 1.807) is 5.56 Å². The molecule has 2 bridgehead atoms. The van der Waals surface area contributed by atoms with E-state index in [9.17, 15) is 0 Å². The summed E-state index contributed by atoms with van der Waals surface area (Å²) in [7, 11) is 0. The van der Waals surface area contributed by atoms with Crippen molar-refractivity contribution in [3.8, 4) is 0 Å². The maximum absolute atomic E-state index is 3.84. The Balaban J connectivity index is 1.53. The van der Waals surface area contributed by atoms with Crippen LogP contribution in [0, 0.1) is 17.3 Å². The number of nitrogens with one attached hydrogen (secondary N) is 1. The van der Waals surface area contributed by atoms with Gasteiger partial charge < -0.3 is 5.32 Å². The highest BCUT2D eigenvalue weighted by Gasteiger charge is 2.50. The zero-order chi connectivity index (χ0) is 12.7. The number of hydrogen-bond donors (Lipinski definition) is 1. The molecule has 0 unspecified atom stereocenters. The van der Waals surface area contributed by atoms with Crippen molar-refractivity contribution in [3.05, 3.63) is 35.9 Å². The Bertz CT molecular complexity index is 436. The second-order valence-electron chi connectivity index (χ2n) is 7.26. The van der Waals surface area contributed by atoms with Crippen molar-refractivity contribution >= 4 is 0 Å². The molecule has 0 spiro atoms. The number of fused-ring (bicyclic) bond motifs is 2. The number of rotatable bonds is 5. The smallest absolute Gasteiger partial charge is 0.00684 e. The Hall–Kier alpha value is -0.820. The standard InChI is InChI=1S/C18H25N/c1-2-4-14(5-3-1)11-18(13-19-17-8-9-17)12-15-6-7-16(18)10-15/h1-5,15-17,19H,6-13H2/t15-,16-,18-/m0/s1. The van der Waals surface area contributed by atoms with E-state index in [4.69, 9.17) is 0 Å². The zero-order valence-electron chi connectivity index (χ0n) is 11.8. The lowest BCUT2D eigenvalue weighted by atomic mass is 9.69. The van der Waals surface area contributed by atoms with Crippen molar-refractivity contribution in [2.24, 2.45) is 17.3 Å². The van der Waals surface area contributed by atoms with Crippen LogP contribution in [-0.2, 0) is 6.42 Å². The molecule has 0 amide bonds. The van der Waals surface area contributed by atoms with Gasteiger partial charge in [-0.1, -0.05) is 36.8 Å². The summed E-state index contributed by atoms with van der Waals surface area (Å²) in [4.78, 5) is 0. The van der Waals surface area contributed by atoms with Gasteiger partial charge in [0, 0.05) is 12.6 Å². The highest BCUT2D eigenvalue weighted by Crippen LogP contribution is 2.57. The summed E-state index contributed by atoms with van der Waals surface area (Å²) >= 11 is 0. The molecule has 4 rings (SSSR count). The molecule has 3 aliphatic rings. The average molecular weight is 255 g/mol. The topological polar surface area (TPSA) is 12.0 Å². The highest BCUT2D eigenvalue weighted by atomic mass is 15.0. The molecule has 102 valence electrons. The van der Waals surface area contributed by atoms with Crippen LogP contribution in [0.3, 0.4) is 0 Å². The molecule has 0 heterocycles. The van der Waals surface area contributed by atoms with Crippen molar-refractivity contribution < 1.29 is 0 Å². The molecule has 0 saturated heterocycles. The Kier molecular flexibility index (Phi) is 2.91. The first-order chi connectivity index (χ1) is 9.34. The Morgan fingerprint density at radius 3 is 2.53 bits per heavy atom. The van der Waals surface area contributed by atoms with Crippen LogP contribution >= 0.6 is 0 Å². The minimum Gasteiger partial charge on any atom is -0.313 e. The molecule has 3 fully saturated rings. The molecular weight excluding hydrogens is 230 g/mol. The van der Waals surface area contributed by atoms with Gasteiger partial charge in [0.05, 0.1) is 0 Å². The highest BCUT2D eigenvalue weighted by molar-refractivity contribution is 5.19. The molecule has 3 aliphatic carbocycles. The fourth-order valence-electron chi connectivity index (χ4n) is 4.69. The first-order valence-electron chi connectivity index (χ1n) is 8.11. The lowest BCUT2D eigenvalue weighted by molar-refractivity contribution is 0.155. The van der Waals surface area contributed by atoms with Crippen LogP contribution in [0.1, 0.15) is 44.1 Å². The predicted molar refractivity (Wildman–Crippen MR) is 79.1 cm³/mol. The van der Waals surface area contributed by atoms with Crippen molar-refractivity contribution in [2.45, 2.75) is 51.0 Å². The Morgan fingerprint density at radius 2 is 1.89 bits per heavy atom. The summed E-state index contributed by atoms with van der Waals surface area (Å²) in [5, 5.41) is 3.84. The van der Waals surface area contributed by atoms with E-state index in [-0.39, 0.29) is 0 Å². The zero-order valence-corrected chi connectivity index (χ0v) is 11.8. The van der Waals surface area contributed by atoms with Crippen molar-refractivity contribution in [3.63, 3.8) is 0 Å². The molecule has 1 N–H and O–H groups in total. The minimum atomic E-state index is 0.576. The summed E-state index contributed by atoms with van der Waals surface area (Å²) in [5.41, 5.74) is 2.12. The third-order valence-corrected chi connectivity index (χ3v) is 5.82. The summed E-state index contributed by atoms with van der Waals surface area (Å²) in [6.07, 6.45) is 10.1. The van der Waals surface area contributed by atoms with E-state index in [1.807, 2.05) is 0 Å². The van der Waals surface area contributed by atoms with Crippen LogP contribution in [-0.4, -0.2) is 12.6 Å². The molecule has 3 saturated carbocycles. The molecule has 1 heteroatoms. The van der Waals surface area contributed by atoms with Crippen molar-refractivity contribution in [1.82, 2.24) is 5.32 Å². The van der Waals surface area contributed by atoms with E-state index in [0.717, 1.165) is 17.9 Å². The van der Waals surface area contributed by atoms with Gasteiger partial charge in [0.25, 0.3) is 0 Å². The summed E-state index contributed by atoms with van der Waals surface area (Å²) < 4.78 is 0. The fourth-order valence-corrected chi connectivity index (χ4v) is 4.69. The quantitative estimate of drug-likeness (QED) is 0.844. The monoisotopic (exact) mass is 255 g/mol. The van der Waals surface area contributed by atoms with Gasteiger partial charge in [-0.05, 0) is 61.3 Å². The van der Waals surface area contributed by atoms with Gasteiger partial charge in [-0.3, -0.25) is 0 Å². The van der Waals surface area contributed by atoms with Gasteiger partial charge >= 0.3 is 0 Å². The predicted octanol–water partition coefficient (Wildman–Crippen LogP) is 3.79. The molecule has 0 radical (unpaired) electrons. The lowest BCUT2D eigenvalue weighted by Gasteiger charge is -2.38. The average Bonchev–Trinajstić information content (AvgIpc) is 3.07. The molecule has 0 aliphatic heterocycles. The van der Waals surface area contributed by atoms with Crippen molar-refractivity contribution in [1.29, 1.82) is 0 Å². The van der Waals surface area contributed by atoms with Crippen LogP contribution in [0.2, 0.25) is 0 Å². The third kappa shape index (κ3) is 2.33. The van der Waals surface area contributed by atoms with Gasteiger partial charge in [-0.15, -0.1) is 0 Å². The lowest BCUT2D eigenvalue weighted by Crippen LogP contribution is -2.41. The normalized spacial score (nSPS) is 36.8. The van der Waals surface area contributed by atoms with E-state index in [0.29, 0.717) is 5.41 Å². The first kappa shape index (κ1) is 12.0. The summed E-state index contributed by atoms with van der Waals surface area (Å²) in [5.74, 6) is 2.03. The second-order valence-corrected chi connectivity index (χ2v) is 7.26. The van der Waals surface area contributed by atoms with E-state index in [1.165, 1.54) is 51.5 Å². The molecule has 1 nitrogen and oxygen atoms in total. The molecule has 3 atom stereocenters. The minimum absolute atomic E-state index is 0.576. The maximum Gasteiger partial charge on any atom is 0.00684 e. The SMILES string of the molecule is c1ccc(C[C@@]2(CNC3CC3)C[C@H]3CC[C@H]2C3)cc1. The largest absolute Gasteiger partial charge is 0.313 e. The van der Waals surface area contributed by atoms with Crippen LogP contribution in [0.15, 0.2) is 30.3 Å². The van der Waals surface area contributed by atoms with Crippen LogP contribution in [0.25, 0.3) is 0 Å². The van der Waals surface area contributed by atoms with E-state index < -0.39 is 0 Å².